The van der Waals surface area contributed by atoms with Crippen LogP contribution in [-0.4, -0.2) is 33.8 Å². The molecule has 1 heterocycles. The summed E-state index contributed by atoms with van der Waals surface area (Å²) >= 11 is 4.01. The molecule has 1 atom stereocenters. The van der Waals surface area contributed by atoms with Gasteiger partial charge in [-0.2, -0.15) is 12.6 Å². The van der Waals surface area contributed by atoms with E-state index in [1.807, 2.05) is 0 Å². The van der Waals surface area contributed by atoms with Crippen LogP contribution in [0.1, 0.15) is 26.7 Å². The second-order valence-corrected chi connectivity index (χ2v) is 4.59. The van der Waals surface area contributed by atoms with E-state index in [1.165, 1.54) is 0 Å². The van der Waals surface area contributed by atoms with Gasteiger partial charge in [0.15, 0.2) is 0 Å². The van der Waals surface area contributed by atoms with Gasteiger partial charge in [0.1, 0.15) is 6.29 Å². The van der Waals surface area contributed by atoms with Gasteiger partial charge in [-0.05, 0) is 13.8 Å². The van der Waals surface area contributed by atoms with Gasteiger partial charge < -0.3 is 4.79 Å². The number of amides is 2. The number of imide groups is 1. The molecule has 78 valence electrons. The average molecular weight is 215 g/mol. The van der Waals surface area contributed by atoms with Crippen LogP contribution in [0.15, 0.2) is 0 Å². The van der Waals surface area contributed by atoms with Gasteiger partial charge in [-0.15, -0.1) is 0 Å². The third kappa shape index (κ3) is 1.82. The van der Waals surface area contributed by atoms with Gasteiger partial charge in [-0.3, -0.25) is 14.5 Å². The minimum absolute atomic E-state index is 0.129. The molecule has 5 heteroatoms. The molecule has 4 nitrogen and oxygen atoms in total. The van der Waals surface area contributed by atoms with E-state index in [4.69, 9.17) is 0 Å². The van der Waals surface area contributed by atoms with Crippen molar-refractivity contribution in [2.75, 3.05) is 0 Å². The lowest BCUT2D eigenvalue weighted by Gasteiger charge is -2.32. The van der Waals surface area contributed by atoms with Gasteiger partial charge in [-0.1, -0.05) is 0 Å². The molecular weight excluding hydrogens is 202 g/mol. The molecule has 0 radical (unpaired) electrons. The molecule has 1 aliphatic heterocycles. The lowest BCUT2D eigenvalue weighted by atomic mass is 9.99. The summed E-state index contributed by atoms with van der Waals surface area (Å²) in [7, 11) is 0. The molecule has 0 spiro atoms. The number of hydrogen-bond acceptors (Lipinski definition) is 4. The lowest BCUT2D eigenvalue weighted by molar-refractivity contribution is -0.144. The number of thiol groups is 1. The predicted molar refractivity (Wildman–Crippen MR) is 54.0 cm³/mol. The summed E-state index contributed by atoms with van der Waals surface area (Å²) in [6.07, 6.45) is 1.00. The second kappa shape index (κ2) is 3.73. The molecule has 0 N–H and O–H groups in total. The number of hydrogen-bond donors (Lipinski definition) is 1. The number of aldehydes is 1. The van der Waals surface area contributed by atoms with Crippen LogP contribution in [0.25, 0.3) is 0 Å². The number of nitrogens with zero attached hydrogens (tertiary/aromatic N) is 1. The van der Waals surface area contributed by atoms with E-state index in [0.29, 0.717) is 6.29 Å². The molecule has 1 aliphatic rings. The summed E-state index contributed by atoms with van der Waals surface area (Å²) in [5, 5.41) is -0.548. The summed E-state index contributed by atoms with van der Waals surface area (Å²) < 4.78 is 0. The van der Waals surface area contributed by atoms with Crippen LogP contribution < -0.4 is 0 Å². The van der Waals surface area contributed by atoms with Crippen LogP contribution in [-0.2, 0) is 14.4 Å². The lowest BCUT2D eigenvalue weighted by Crippen LogP contribution is -2.48. The second-order valence-electron chi connectivity index (χ2n) is 3.97. The number of carbonyl (C=O) groups is 3. The number of likely N-dealkylation sites (tertiary alicyclic amines) is 1. The Hall–Kier alpha value is -0.840. The molecule has 14 heavy (non-hydrogen) atoms. The molecule has 1 rings (SSSR count). The summed E-state index contributed by atoms with van der Waals surface area (Å²) in [4.78, 5) is 34.6. The van der Waals surface area contributed by atoms with E-state index in [1.54, 1.807) is 13.8 Å². The first-order valence-corrected chi connectivity index (χ1v) is 4.90. The van der Waals surface area contributed by atoms with E-state index in [0.717, 1.165) is 4.90 Å². The Morgan fingerprint density at radius 1 is 1.57 bits per heavy atom. The van der Waals surface area contributed by atoms with Crippen LogP contribution in [0.5, 0.6) is 0 Å². The maximum atomic E-state index is 11.5. The monoisotopic (exact) mass is 215 g/mol. The zero-order chi connectivity index (χ0) is 10.9. The summed E-state index contributed by atoms with van der Waals surface area (Å²) in [5.74, 6) is -0.549. The molecule has 0 saturated carbocycles. The molecule has 0 aromatic carbocycles. The fourth-order valence-electron chi connectivity index (χ4n) is 1.55. The van der Waals surface area contributed by atoms with E-state index >= 15 is 0 Å². The SMILES string of the molecule is CC(C)(CC=O)N1C(=O)CC(S)C1=O. The van der Waals surface area contributed by atoms with E-state index in [2.05, 4.69) is 12.6 Å². The zero-order valence-electron chi connectivity index (χ0n) is 8.19. The Kier molecular flexibility index (Phi) is 2.99. The first kappa shape index (κ1) is 11.2. The molecule has 0 aromatic rings. The van der Waals surface area contributed by atoms with E-state index < -0.39 is 10.8 Å². The zero-order valence-corrected chi connectivity index (χ0v) is 9.08. The first-order chi connectivity index (χ1) is 6.40. The van der Waals surface area contributed by atoms with Crippen molar-refractivity contribution in [3.05, 3.63) is 0 Å². The average Bonchev–Trinajstić information content (AvgIpc) is 2.26. The Morgan fingerprint density at radius 3 is 2.50 bits per heavy atom. The Labute approximate surface area is 88.1 Å². The van der Waals surface area contributed by atoms with Crippen molar-refractivity contribution in [2.45, 2.75) is 37.5 Å². The molecule has 1 unspecified atom stereocenters. The normalized spacial score (nSPS) is 23.1. The summed E-state index contributed by atoms with van der Waals surface area (Å²) in [6.45, 7) is 3.39. The van der Waals surface area contributed by atoms with Crippen LogP contribution >= 0.6 is 12.6 Å². The van der Waals surface area contributed by atoms with Crippen LogP contribution in [0, 0.1) is 0 Å². The largest absolute Gasteiger partial charge is 0.303 e. The molecule has 1 fully saturated rings. The quantitative estimate of drug-likeness (QED) is 0.421. The third-order valence-corrected chi connectivity index (χ3v) is 2.71. The molecule has 0 aromatic heterocycles. The van der Waals surface area contributed by atoms with E-state index in [-0.39, 0.29) is 24.7 Å². The highest BCUT2D eigenvalue weighted by Crippen LogP contribution is 2.27. The van der Waals surface area contributed by atoms with E-state index in [9.17, 15) is 14.4 Å². The molecule has 0 bridgehead atoms. The van der Waals surface area contributed by atoms with Crippen molar-refractivity contribution in [3.8, 4) is 0 Å². The summed E-state index contributed by atoms with van der Waals surface area (Å²) in [6, 6.07) is 0. The van der Waals surface area contributed by atoms with Crippen molar-refractivity contribution < 1.29 is 14.4 Å². The van der Waals surface area contributed by atoms with Gasteiger partial charge in [0.2, 0.25) is 11.8 Å². The highest BCUT2D eigenvalue weighted by atomic mass is 32.1. The highest BCUT2D eigenvalue weighted by Gasteiger charge is 2.44. The first-order valence-electron chi connectivity index (χ1n) is 4.39. The number of rotatable bonds is 3. The van der Waals surface area contributed by atoms with Gasteiger partial charge >= 0.3 is 0 Å². The minimum atomic E-state index is -0.729. The molecule has 1 saturated heterocycles. The van der Waals surface area contributed by atoms with Crippen LogP contribution in [0.3, 0.4) is 0 Å². The van der Waals surface area contributed by atoms with Gasteiger partial charge in [-0.25, -0.2) is 0 Å². The van der Waals surface area contributed by atoms with Gasteiger partial charge in [0.25, 0.3) is 0 Å². The van der Waals surface area contributed by atoms with Crippen molar-refractivity contribution >= 4 is 30.7 Å². The molecular formula is C9H13NO3S. The minimum Gasteiger partial charge on any atom is -0.303 e. The Balaban J connectivity index is 2.91. The fourth-order valence-corrected chi connectivity index (χ4v) is 1.82. The topological polar surface area (TPSA) is 54.5 Å². The number of carbonyl (C=O) groups excluding carboxylic acids is 3. The van der Waals surface area contributed by atoms with Gasteiger partial charge in [0.05, 0.1) is 10.8 Å². The maximum absolute atomic E-state index is 11.5. The van der Waals surface area contributed by atoms with Gasteiger partial charge in [0, 0.05) is 12.8 Å². The maximum Gasteiger partial charge on any atom is 0.243 e. The van der Waals surface area contributed by atoms with Crippen molar-refractivity contribution in [1.29, 1.82) is 0 Å². The van der Waals surface area contributed by atoms with Crippen LogP contribution in [0.4, 0.5) is 0 Å². The molecule has 0 aliphatic carbocycles. The predicted octanol–water partition coefficient (Wildman–Crippen LogP) is 0.411. The standard InChI is InChI=1S/C9H13NO3S/c1-9(2,3-4-11)10-7(12)5-6(14)8(10)13/h4,6,14H,3,5H2,1-2H3. The fraction of sp³-hybridized carbons (Fsp3) is 0.667. The van der Waals surface area contributed by atoms with Crippen LogP contribution in [0.2, 0.25) is 0 Å². The highest BCUT2D eigenvalue weighted by molar-refractivity contribution is 7.81. The Morgan fingerprint density at radius 2 is 2.14 bits per heavy atom. The van der Waals surface area contributed by atoms with Crippen molar-refractivity contribution in [3.63, 3.8) is 0 Å². The Bertz CT molecular complexity index is 288. The third-order valence-electron chi connectivity index (χ3n) is 2.31. The van der Waals surface area contributed by atoms with Crippen molar-refractivity contribution in [1.82, 2.24) is 4.90 Å². The molecule has 2 amide bonds. The van der Waals surface area contributed by atoms with Crippen molar-refractivity contribution in [2.24, 2.45) is 0 Å². The summed E-state index contributed by atoms with van der Waals surface area (Å²) in [5.41, 5.74) is -0.729. The smallest absolute Gasteiger partial charge is 0.243 e.